The molecule has 0 spiro atoms. The summed E-state index contributed by atoms with van der Waals surface area (Å²) in [5.74, 6) is 0.562. The summed E-state index contributed by atoms with van der Waals surface area (Å²) in [5, 5.41) is 1.22. The Bertz CT molecular complexity index is 1090. The molecule has 29 heavy (non-hydrogen) atoms. The second kappa shape index (κ2) is 7.37. The number of rotatable bonds is 2. The van der Waals surface area contributed by atoms with Gasteiger partial charge in [-0.25, -0.2) is 14.4 Å². The van der Waals surface area contributed by atoms with Gasteiger partial charge in [-0.1, -0.05) is 6.07 Å². The van der Waals surface area contributed by atoms with Crippen LogP contribution in [0.2, 0.25) is 0 Å². The van der Waals surface area contributed by atoms with Crippen molar-refractivity contribution in [2.75, 3.05) is 31.1 Å². The first-order valence-electron chi connectivity index (χ1n) is 10.2. The Morgan fingerprint density at radius 2 is 1.90 bits per heavy atom. The van der Waals surface area contributed by atoms with Crippen LogP contribution < -0.4 is 4.90 Å². The summed E-state index contributed by atoms with van der Waals surface area (Å²) >= 11 is 1.81. The molecule has 3 aromatic rings. The van der Waals surface area contributed by atoms with E-state index in [1.54, 1.807) is 36.7 Å². The number of aryl methyl sites for hydroxylation is 3. The van der Waals surface area contributed by atoms with E-state index in [4.69, 9.17) is 0 Å². The topological polar surface area (TPSA) is 49.3 Å². The van der Waals surface area contributed by atoms with Gasteiger partial charge in [0.2, 0.25) is 0 Å². The highest BCUT2D eigenvalue weighted by Gasteiger charge is 2.27. The fraction of sp³-hybridized carbons (Fsp3) is 0.409. The number of anilines is 1. The Morgan fingerprint density at radius 3 is 2.69 bits per heavy atom. The molecule has 2 aromatic heterocycles. The van der Waals surface area contributed by atoms with Crippen molar-refractivity contribution in [2.24, 2.45) is 0 Å². The van der Waals surface area contributed by atoms with Gasteiger partial charge in [0, 0.05) is 36.6 Å². The summed E-state index contributed by atoms with van der Waals surface area (Å²) in [4.78, 5) is 28.6. The van der Waals surface area contributed by atoms with Gasteiger partial charge >= 0.3 is 0 Å². The quantitative estimate of drug-likeness (QED) is 0.641. The molecule has 1 aromatic carbocycles. The predicted octanol–water partition coefficient (Wildman–Crippen LogP) is 3.98. The number of halogens is 1. The Kier molecular flexibility index (Phi) is 4.70. The van der Waals surface area contributed by atoms with E-state index in [1.165, 1.54) is 34.7 Å². The van der Waals surface area contributed by atoms with Crippen molar-refractivity contribution in [3.8, 4) is 0 Å². The van der Waals surface area contributed by atoms with Gasteiger partial charge in [0.15, 0.2) is 0 Å². The number of hydrogen-bond acceptors (Lipinski definition) is 5. The van der Waals surface area contributed by atoms with E-state index in [0.717, 1.165) is 36.6 Å². The largest absolute Gasteiger partial charge is 0.352 e. The summed E-state index contributed by atoms with van der Waals surface area (Å²) < 4.78 is 13.9. The molecule has 5 nitrogen and oxygen atoms in total. The van der Waals surface area contributed by atoms with Crippen LogP contribution in [0.3, 0.4) is 0 Å². The van der Waals surface area contributed by atoms with Gasteiger partial charge in [-0.05, 0) is 55.9 Å². The number of carbonyl (C=O) groups excluding carboxylic acids is 1. The van der Waals surface area contributed by atoms with E-state index < -0.39 is 0 Å². The third kappa shape index (κ3) is 3.27. The molecule has 1 saturated heterocycles. The van der Waals surface area contributed by atoms with E-state index in [1.807, 2.05) is 4.90 Å². The van der Waals surface area contributed by atoms with E-state index >= 15 is 0 Å². The third-order valence-corrected chi connectivity index (χ3v) is 7.22. The minimum Gasteiger partial charge on any atom is -0.352 e. The summed E-state index contributed by atoms with van der Waals surface area (Å²) in [5.41, 5.74) is 2.40. The molecule has 0 unspecified atom stereocenters. The molecule has 0 radical (unpaired) electrons. The number of thiophene rings is 1. The lowest BCUT2D eigenvalue weighted by Crippen LogP contribution is -2.49. The smallest absolute Gasteiger partial charge is 0.254 e. The van der Waals surface area contributed by atoms with Crippen molar-refractivity contribution in [1.29, 1.82) is 0 Å². The van der Waals surface area contributed by atoms with Crippen molar-refractivity contribution in [1.82, 2.24) is 14.9 Å². The maximum Gasteiger partial charge on any atom is 0.254 e. The zero-order valence-electron chi connectivity index (χ0n) is 16.4. The zero-order valence-corrected chi connectivity index (χ0v) is 17.3. The van der Waals surface area contributed by atoms with Gasteiger partial charge < -0.3 is 9.80 Å². The summed E-state index contributed by atoms with van der Waals surface area (Å²) in [6.45, 7) is 4.35. The van der Waals surface area contributed by atoms with Crippen LogP contribution >= 0.6 is 11.3 Å². The number of hydrogen-bond donors (Lipinski definition) is 0. The molecule has 0 atom stereocenters. The third-order valence-electron chi connectivity index (χ3n) is 6.02. The Labute approximate surface area is 173 Å². The molecule has 1 aliphatic carbocycles. The van der Waals surface area contributed by atoms with Gasteiger partial charge in [0.05, 0.1) is 5.39 Å². The first-order chi connectivity index (χ1) is 14.1. The molecule has 0 N–H and O–H groups in total. The number of carbonyl (C=O) groups is 1. The van der Waals surface area contributed by atoms with Crippen LogP contribution in [-0.2, 0) is 12.8 Å². The van der Waals surface area contributed by atoms with Crippen LogP contribution in [0.4, 0.5) is 10.2 Å². The molecule has 3 heterocycles. The molecule has 0 bridgehead atoms. The number of nitrogens with zero attached hydrogens (tertiary/aromatic N) is 4. The molecule has 1 amide bonds. The van der Waals surface area contributed by atoms with Crippen LogP contribution in [0, 0.1) is 12.7 Å². The standard InChI is InChI=1S/C22H23FN4OS/c1-14-6-7-15(12-17(14)23)22(28)27-10-8-26(9-11-27)20-19-16-4-2-3-5-18(16)29-21(19)25-13-24-20/h6-7,12-13H,2-5,8-11H2,1H3. The van der Waals surface area contributed by atoms with Crippen molar-refractivity contribution in [3.05, 3.63) is 51.9 Å². The van der Waals surface area contributed by atoms with E-state index in [-0.39, 0.29) is 11.7 Å². The maximum atomic E-state index is 13.9. The minimum atomic E-state index is -0.333. The summed E-state index contributed by atoms with van der Waals surface area (Å²) in [7, 11) is 0. The summed E-state index contributed by atoms with van der Waals surface area (Å²) in [6, 6.07) is 4.71. The zero-order chi connectivity index (χ0) is 20.0. The highest BCUT2D eigenvalue weighted by molar-refractivity contribution is 7.19. The van der Waals surface area contributed by atoms with Gasteiger partial charge in [-0.3, -0.25) is 4.79 Å². The highest BCUT2D eigenvalue weighted by Crippen LogP contribution is 2.39. The molecule has 2 aliphatic rings. The van der Waals surface area contributed by atoms with Gasteiger partial charge in [-0.2, -0.15) is 0 Å². The van der Waals surface area contributed by atoms with Gasteiger partial charge in [0.1, 0.15) is 22.8 Å². The maximum absolute atomic E-state index is 13.9. The molecule has 150 valence electrons. The van der Waals surface area contributed by atoms with Crippen molar-refractivity contribution in [3.63, 3.8) is 0 Å². The molecule has 5 rings (SSSR count). The highest BCUT2D eigenvalue weighted by atomic mass is 32.1. The van der Waals surface area contributed by atoms with Crippen LogP contribution in [0.5, 0.6) is 0 Å². The van der Waals surface area contributed by atoms with Gasteiger partial charge in [0.25, 0.3) is 5.91 Å². The molecule has 1 fully saturated rings. The number of piperazine rings is 1. The molecular formula is C22H23FN4OS. The SMILES string of the molecule is Cc1ccc(C(=O)N2CCN(c3ncnc4sc5c(c34)CCCC5)CC2)cc1F. The minimum absolute atomic E-state index is 0.107. The Morgan fingerprint density at radius 1 is 1.10 bits per heavy atom. The van der Waals surface area contributed by atoms with Crippen LogP contribution in [0.25, 0.3) is 10.2 Å². The lowest BCUT2D eigenvalue weighted by atomic mass is 9.97. The fourth-order valence-corrected chi connectivity index (χ4v) is 5.57. The van der Waals surface area contributed by atoms with Crippen molar-refractivity contribution < 1.29 is 9.18 Å². The number of benzene rings is 1. The first kappa shape index (κ1) is 18.5. The predicted molar refractivity (Wildman–Crippen MR) is 113 cm³/mol. The Hall–Kier alpha value is -2.54. The lowest BCUT2D eigenvalue weighted by molar-refractivity contribution is 0.0746. The van der Waals surface area contributed by atoms with Crippen molar-refractivity contribution in [2.45, 2.75) is 32.6 Å². The second-order valence-corrected chi connectivity index (χ2v) is 8.92. The van der Waals surface area contributed by atoms with Gasteiger partial charge in [-0.15, -0.1) is 11.3 Å². The molecular weight excluding hydrogens is 387 g/mol. The van der Waals surface area contributed by atoms with Crippen LogP contribution in [0.1, 0.15) is 39.2 Å². The van der Waals surface area contributed by atoms with Crippen LogP contribution in [-0.4, -0.2) is 47.0 Å². The lowest BCUT2D eigenvalue weighted by Gasteiger charge is -2.35. The van der Waals surface area contributed by atoms with E-state index in [0.29, 0.717) is 24.2 Å². The molecule has 7 heteroatoms. The van der Waals surface area contributed by atoms with Crippen LogP contribution in [0.15, 0.2) is 24.5 Å². The average Bonchev–Trinajstić information content (AvgIpc) is 3.14. The fourth-order valence-electron chi connectivity index (χ4n) is 4.34. The van der Waals surface area contributed by atoms with E-state index in [2.05, 4.69) is 14.9 Å². The first-order valence-corrected chi connectivity index (χ1v) is 11.0. The number of amides is 1. The summed E-state index contributed by atoms with van der Waals surface area (Å²) in [6.07, 6.45) is 6.39. The monoisotopic (exact) mass is 410 g/mol. The van der Waals surface area contributed by atoms with Crippen molar-refractivity contribution >= 4 is 33.3 Å². The molecule has 0 saturated carbocycles. The molecule has 1 aliphatic heterocycles. The second-order valence-electron chi connectivity index (χ2n) is 7.83. The Balaban J connectivity index is 1.36. The van der Waals surface area contributed by atoms with E-state index in [9.17, 15) is 9.18 Å². The number of aromatic nitrogens is 2. The average molecular weight is 411 g/mol. The normalized spacial score (nSPS) is 16.9. The number of fused-ring (bicyclic) bond motifs is 3.